The monoisotopic (exact) mass is 246 g/mol. The van der Waals surface area contributed by atoms with Gasteiger partial charge in [0.05, 0.1) is 0 Å². The fourth-order valence-corrected chi connectivity index (χ4v) is 2.47. The fraction of sp³-hybridized carbons (Fsp3) is 0.625. The highest BCUT2D eigenvalue weighted by Gasteiger charge is 2.22. The molecule has 1 fully saturated rings. The second-order valence-electron chi connectivity index (χ2n) is 6.29. The first-order chi connectivity index (χ1) is 8.48. The van der Waals surface area contributed by atoms with E-state index in [1.165, 1.54) is 17.7 Å². The van der Waals surface area contributed by atoms with E-state index in [4.69, 9.17) is 0 Å². The van der Waals surface area contributed by atoms with E-state index in [-0.39, 0.29) is 5.54 Å². The summed E-state index contributed by atoms with van der Waals surface area (Å²) in [5.41, 5.74) is 3.05. The van der Waals surface area contributed by atoms with E-state index in [9.17, 15) is 0 Å². The minimum Gasteiger partial charge on any atom is -0.370 e. The Morgan fingerprint density at radius 3 is 2.39 bits per heavy atom. The Morgan fingerprint density at radius 2 is 1.78 bits per heavy atom. The van der Waals surface area contributed by atoms with Gasteiger partial charge in [-0.15, -0.1) is 0 Å². The number of benzene rings is 1. The molecule has 1 aliphatic rings. The van der Waals surface area contributed by atoms with Crippen molar-refractivity contribution < 1.29 is 0 Å². The maximum atomic E-state index is 3.61. The van der Waals surface area contributed by atoms with Crippen molar-refractivity contribution >= 4 is 5.69 Å². The number of nitrogens with zero attached hydrogens (tertiary/aromatic N) is 1. The van der Waals surface area contributed by atoms with Gasteiger partial charge < -0.3 is 10.2 Å². The minimum absolute atomic E-state index is 0.270. The van der Waals surface area contributed by atoms with E-state index in [2.05, 4.69) is 62.2 Å². The van der Waals surface area contributed by atoms with Crippen LogP contribution in [0.4, 0.5) is 5.69 Å². The molecule has 2 rings (SSSR count). The van der Waals surface area contributed by atoms with Crippen LogP contribution in [0.2, 0.25) is 0 Å². The number of anilines is 1. The Balaban J connectivity index is 2.07. The van der Waals surface area contributed by atoms with Gasteiger partial charge >= 0.3 is 0 Å². The summed E-state index contributed by atoms with van der Waals surface area (Å²) in [5, 5.41) is 3.61. The van der Waals surface area contributed by atoms with Crippen LogP contribution in [0, 0.1) is 0 Å². The molecule has 0 amide bonds. The standard InChI is InChI=1S/C16H26N2/c1-13(2)14-5-7-15(8-6-14)18-11-9-16(3,4)17-10-12-18/h5-8,13,17H,9-12H2,1-4H3. The summed E-state index contributed by atoms with van der Waals surface area (Å²) in [7, 11) is 0. The van der Waals surface area contributed by atoms with Gasteiger partial charge in [0.1, 0.15) is 0 Å². The first-order valence-corrected chi connectivity index (χ1v) is 7.08. The molecule has 0 saturated carbocycles. The predicted octanol–water partition coefficient (Wildman–Crippen LogP) is 3.39. The molecule has 0 aliphatic carbocycles. The summed E-state index contributed by atoms with van der Waals surface area (Å²) in [6.07, 6.45) is 1.19. The van der Waals surface area contributed by atoms with Crippen molar-refractivity contribution in [1.29, 1.82) is 0 Å². The van der Waals surface area contributed by atoms with Gasteiger partial charge in [-0.2, -0.15) is 0 Å². The highest BCUT2D eigenvalue weighted by atomic mass is 15.2. The van der Waals surface area contributed by atoms with E-state index in [1.54, 1.807) is 0 Å². The smallest absolute Gasteiger partial charge is 0.0366 e. The van der Waals surface area contributed by atoms with Crippen LogP contribution < -0.4 is 10.2 Å². The zero-order chi connectivity index (χ0) is 13.2. The average molecular weight is 246 g/mol. The van der Waals surface area contributed by atoms with Gasteiger partial charge in [-0.25, -0.2) is 0 Å². The van der Waals surface area contributed by atoms with E-state index in [0.717, 1.165) is 19.6 Å². The summed E-state index contributed by atoms with van der Waals surface area (Å²) in [5.74, 6) is 0.615. The Morgan fingerprint density at radius 1 is 1.11 bits per heavy atom. The topological polar surface area (TPSA) is 15.3 Å². The molecule has 1 aromatic rings. The van der Waals surface area contributed by atoms with E-state index in [1.807, 2.05) is 0 Å². The Bertz CT molecular complexity index is 379. The third kappa shape index (κ3) is 3.26. The Labute approximate surface area is 111 Å². The molecule has 0 radical (unpaired) electrons. The highest BCUT2D eigenvalue weighted by Crippen LogP contribution is 2.22. The molecule has 1 aliphatic heterocycles. The first-order valence-electron chi connectivity index (χ1n) is 7.08. The predicted molar refractivity (Wildman–Crippen MR) is 79.4 cm³/mol. The zero-order valence-corrected chi connectivity index (χ0v) is 12.2. The van der Waals surface area contributed by atoms with Crippen molar-refractivity contribution in [3.63, 3.8) is 0 Å². The third-order valence-electron chi connectivity index (χ3n) is 3.92. The van der Waals surface area contributed by atoms with Gasteiger partial charge in [-0.3, -0.25) is 0 Å². The second kappa shape index (κ2) is 5.31. The average Bonchev–Trinajstić information content (AvgIpc) is 2.50. The lowest BCUT2D eigenvalue weighted by atomic mass is 10.0. The molecule has 100 valence electrons. The molecule has 0 bridgehead atoms. The van der Waals surface area contributed by atoms with Gasteiger partial charge in [0.15, 0.2) is 0 Å². The molecule has 2 nitrogen and oxygen atoms in total. The van der Waals surface area contributed by atoms with Crippen LogP contribution in [-0.2, 0) is 0 Å². The number of nitrogens with one attached hydrogen (secondary N) is 1. The maximum Gasteiger partial charge on any atom is 0.0366 e. The Hall–Kier alpha value is -1.02. The normalized spacial score (nSPS) is 19.9. The second-order valence-corrected chi connectivity index (χ2v) is 6.29. The number of hydrogen-bond donors (Lipinski definition) is 1. The summed E-state index contributed by atoms with van der Waals surface area (Å²) in [6.45, 7) is 12.4. The van der Waals surface area contributed by atoms with Crippen LogP contribution in [0.25, 0.3) is 0 Å². The molecule has 0 aromatic heterocycles. The highest BCUT2D eigenvalue weighted by molar-refractivity contribution is 5.48. The molecule has 18 heavy (non-hydrogen) atoms. The van der Waals surface area contributed by atoms with Gasteiger partial charge in [-0.1, -0.05) is 26.0 Å². The lowest BCUT2D eigenvalue weighted by Crippen LogP contribution is -2.39. The molecule has 1 saturated heterocycles. The number of hydrogen-bond acceptors (Lipinski definition) is 2. The lowest BCUT2D eigenvalue weighted by molar-refractivity contribution is 0.394. The van der Waals surface area contributed by atoms with Gasteiger partial charge in [0.25, 0.3) is 0 Å². The molecular formula is C16H26N2. The summed E-state index contributed by atoms with van der Waals surface area (Å²) in [6, 6.07) is 9.08. The van der Waals surface area contributed by atoms with Crippen molar-refractivity contribution in [2.75, 3.05) is 24.5 Å². The Kier molecular flexibility index (Phi) is 3.96. The van der Waals surface area contributed by atoms with Crippen LogP contribution in [0.3, 0.4) is 0 Å². The zero-order valence-electron chi connectivity index (χ0n) is 12.2. The van der Waals surface area contributed by atoms with Crippen LogP contribution >= 0.6 is 0 Å². The minimum atomic E-state index is 0.270. The van der Waals surface area contributed by atoms with E-state index in [0.29, 0.717) is 5.92 Å². The third-order valence-corrected chi connectivity index (χ3v) is 3.92. The molecule has 2 heteroatoms. The van der Waals surface area contributed by atoms with Crippen molar-refractivity contribution in [3.8, 4) is 0 Å². The number of rotatable bonds is 2. The maximum absolute atomic E-state index is 3.61. The molecule has 1 heterocycles. The van der Waals surface area contributed by atoms with Crippen LogP contribution in [-0.4, -0.2) is 25.2 Å². The summed E-state index contributed by atoms with van der Waals surface area (Å²) in [4.78, 5) is 2.49. The quantitative estimate of drug-likeness (QED) is 0.860. The molecule has 1 N–H and O–H groups in total. The van der Waals surface area contributed by atoms with Crippen molar-refractivity contribution in [2.24, 2.45) is 0 Å². The summed E-state index contributed by atoms with van der Waals surface area (Å²) < 4.78 is 0. The molecule has 0 atom stereocenters. The van der Waals surface area contributed by atoms with Gasteiger partial charge in [0, 0.05) is 30.9 Å². The van der Waals surface area contributed by atoms with Crippen molar-refractivity contribution in [3.05, 3.63) is 29.8 Å². The summed E-state index contributed by atoms with van der Waals surface area (Å²) >= 11 is 0. The SMILES string of the molecule is CC(C)c1ccc(N2CCNC(C)(C)CC2)cc1. The fourth-order valence-electron chi connectivity index (χ4n) is 2.47. The van der Waals surface area contributed by atoms with Crippen LogP contribution in [0.15, 0.2) is 24.3 Å². The van der Waals surface area contributed by atoms with Crippen LogP contribution in [0.5, 0.6) is 0 Å². The molecular weight excluding hydrogens is 220 g/mol. The van der Waals surface area contributed by atoms with Gasteiger partial charge in [-0.05, 0) is 43.9 Å². The molecule has 0 unspecified atom stereocenters. The van der Waals surface area contributed by atoms with E-state index < -0.39 is 0 Å². The van der Waals surface area contributed by atoms with E-state index >= 15 is 0 Å². The van der Waals surface area contributed by atoms with Crippen LogP contribution in [0.1, 0.15) is 45.6 Å². The largest absolute Gasteiger partial charge is 0.370 e. The van der Waals surface area contributed by atoms with Crippen molar-refractivity contribution in [1.82, 2.24) is 5.32 Å². The molecule has 1 aromatic carbocycles. The lowest BCUT2D eigenvalue weighted by Gasteiger charge is -2.25. The first kappa shape index (κ1) is 13.4. The van der Waals surface area contributed by atoms with Crippen molar-refractivity contribution in [2.45, 2.75) is 45.6 Å². The van der Waals surface area contributed by atoms with Gasteiger partial charge in [0.2, 0.25) is 0 Å². The molecule has 0 spiro atoms.